The van der Waals surface area contributed by atoms with Crippen LogP contribution in [0.5, 0.6) is 5.88 Å². The average Bonchev–Trinajstić information content (AvgIpc) is 3.33. The number of halogens is 3. The summed E-state index contributed by atoms with van der Waals surface area (Å²) in [6, 6.07) is 13.4. The van der Waals surface area contributed by atoms with Crippen LogP contribution in [0, 0.1) is 0 Å². The van der Waals surface area contributed by atoms with Crippen LogP contribution in [-0.2, 0) is 10.2 Å². The van der Waals surface area contributed by atoms with E-state index in [-0.39, 0.29) is 36.3 Å². The van der Waals surface area contributed by atoms with E-state index >= 15 is 0 Å². The number of ether oxygens (including phenoxy) is 1. The first-order valence-corrected chi connectivity index (χ1v) is 14.3. The zero-order chi connectivity index (χ0) is 29.3. The number of benzene rings is 2. The molecule has 0 radical (unpaired) electrons. The van der Waals surface area contributed by atoms with E-state index in [2.05, 4.69) is 10.3 Å². The number of aliphatic imine (C=N–C) groups is 1. The van der Waals surface area contributed by atoms with Gasteiger partial charge in [-0.3, -0.25) is 14.7 Å². The van der Waals surface area contributed by atoms with Crippen molar-refractivity contribution in [3.05, 3.63) is 87.3 Å². The van der Waals surface area contributed by atoms with Gasteiger partial charge in [-0.05, 0) is 42.3 Å². The summed E-state index contributed by atoms with van der Waals surface area (Å²) in [6.07, 6.45) is 1.67. The molecule has 1 fully saturated rings. The number of amidine groups is 1. The SMILES string of the molecule is CCOc1nc(C(C)(C)C)ncc1C1=NC(c2ccc(Cl)cc2)C(c2ccc(Cl)cc2)N1C(=O)N1CCNC(=O)C1.Cl. The zero-order valence-corrected chi connectivity index (χ0v) is 26.1. The molecule has 2 aliphatic heterocycles. The highest BCUT2D eigenvalue weighted by Crippen LogP contribution is 2.45. The molecule has 0 spiro atoms. The average molecular weight is 632 g/mol. The van der Waals surface area contributed by atoms with Gasteiger partial charge in [0, 0.05) is 34.7 Å². The fraction of sp³-hybridized carbons (Fsp3) is 0.367. The van der Waals surface area contributed by atoms with Crippen molar-refractivity contribution < 1.29 is 14.3 Å². The molecule has 3 aromatic rings. The van der Waals surface area contributed by atoms with Crippen molar-refractivity contribution in [1.82, 2.24) is 25.1 Å². The molecule has 42 heavy (non-hydrogen) atoms. The number of urea groups is 1. The van der Waals surface area contributed by atoms with Gasteiger partial charge in [-0.15, -0.1) is 12.4 Å². The molecule has 9 nitrogen and oxygen atoms in total. The van der Waals surface area contributed by atoms with Gasteiger partial charge in [0.1, 0.15) is 24.2 Å². The molecule has 12 heteroatoms. The first-order chi connectivity index (χ1) is 19.6. The summed E-state index contributed by atoms with van der Waals surface area (Å²) in [6.45, 7) is 8.98. The molecule has 222 valence electrons. The lowest BCUT2D eigenvalue weighted by Gasteiger charge is -2.35. The van der Waals surface area contributed by atoms with E-state index in [1.807, 2.05) is 52.0 Å². The van der Waals surface area contributed by atoms with Gasteiger partial charge in [0.25, 0.3) is 0 Å². The van der Waals surface area contributed by atoms with Crippen LogP contribution < -0.4 is 10.1 Å². The van der Waals surface area contributed by atoms with Crippen LogP contribution in [0.4, 0.5) is 4.79 Å². The van der Waals surface area contributed by atoms with Crippen molar-refractivity contribution >= 4 is 53.4 Å². The Labute approximate surface area is 261 Å². The summed E-state index contributed by atoms with van der Waals surface area (Å²) in [7, 11) is 0. The molecule has 1 saturated heterocycles. The van der Waals surface area contributed by atoms with Gasteiger partial charge in [0.2, 0.25) is 11.8 Å². The van der Waals surface area contributed by atoms with Crippen molar-refractivity contribution in [1.29, 1.82) is 0 Å². The van der Waals surface area contributed by atoms with E-state index in [0.717, 1.165) is 11.1 Å². The Morgan fingerprint density at radius 1 is 1.05 bits per heavy atom. The van der Waals surface area contributed by atoms with Gasteiger partial charge in [0.15, 0.2) is 0 Å². The fourth-order valence-electron chi connectivity index (χ4n) is 4.94. The first kappa shape index (κ1) is 31.5. The maximum absolute atomic E-state index is 14.4. The molecule has 0 bridgehead atoms. The number of hydrogen-bond donors (Lipinski definition) is 1. The predicted molar refractivity (Wildman–Crippen MR) is 166 cm³/mol. The maximum Gasteiger partial charge on any atom is 0.326 e. The third-order valence-corrected chi connectivity index (χ3v) is 7.46. The molecule has 5 rings (SSSR count). The van der Waals surface area contributed by atoms with Crippen LogP contribution in [0.15, 0.2) is 59.7 Å². The van der Waals surface area contributed by atoms with Crippen LogP contribution in [0.25, 0.3) is 0 Å². The lowest BCUT2D eigenvalue weighted by atomic mass is 9.93. The van der Waals surface area contributed by atoms with Gasteiger partial charge in [-0.2, -0.15) is 4.98 Å². The summed E-state index contributed by atoms with van der Waals surface area (Å²) < 4.78 is 6.01. The molecular weight excluding hydrogens is 599 g/mol. The maximum atomic E-state index is 14.4. The summed E-state index contributed by atoms with van der Waals surface area (Å²) >= 11 is 12.5. The number of nitrogens with one attached hydrogen (secondary N) is 1. The largest absolute Gasteiger partial charge is 0.477 e. The Morgan fingerprint density at radius 2 is 1.67 bits per heavy atom. The minimum atomic E-state index is -0.558. The minimum absolute atomic E-state index is 0. The molecule has 2 atom stereocenters. The molecule has 0 aliphatic carbocycles. The van der Waals surface area contributed by atoms with E-state index in [0.29, 0.717) is 52.8 Å². The molecule has 2 aromatic carbocycles. The number of nitrogens with zero attached hydrogens (tertiary/aromatic N) is 5. The minimum Gasteiger partial charge on any atom is -0.477 e. The summed E-state index contributed by atoms with van der Waals surface area (Å²) in [4.78, 5) is 44.4. The van der Waals surface area contributed by atoms with Crippen molar-refractivity contribution in [2.45, 2.75) is 45.2 Å². The third kappa shape index (κ3) is 6.48. The molecule has 0 saturated carbocycles. The molecule has 3 amide bonds. The zero-order valence-electron chi connectivity index (χ0n) is 23.8. The van der Waals surface area contributed by atoms with Gasteiger partial charge in [-0.1, -0.05) is 68.2 Å². The van der Waals surface area contributed by atoms with Crippen LogP contribution in [0.2, 0.25) is 10.0 Å². The Hall–Kier alpha value is -3.40. The topological polar surface area (TPSA) is 100 Å². The summed E-state index contributed by atoms with van der Waals surface area (Å²) in [5.41, 5.74) is 1.86. The first-order valence-electron chi connectivity index (χ1n) is 13.5. The molecule has 1 N–H and O–H groups in total. The quantitative estimate of drug-likeness (QED) is 0.373. The number of piperazine rings is 1. The monoisotopic (exact) mass is 630 g/mol. The number of hydrogen-bond acceptors (Lipinski definition) is 6. The van der Waals surface area contributed by atoms with Gasteiger partial charge >= 0.3 is 6.03 Å². The Kier molecular flexibility index (Phi) is 9.65. The van der Waals surface area contributed by atoms with Crippen molar-refractivity contribution in [3.8, 4) is 5.88 Å². The van der Waals surface area contributed by atoms with E-state index in [1.54, 1.807) is 35.4 Å². The third-order valence-electron chi connectivity index (χ3n) is 6.95. The second-order valence-electron chi connectivity index (χ2n) is 11.0. The molecule has 2 aliphatic rings. The van der Waals surface area contributed by atoms with Gasteiger partial charge in [0.05, 0.1) is 18.2 Å². The highest BCUT2D eigenvalue weighted by Gasteiger charge is 2.45. The number of amides is 3. The highest BCUT2D eigenvalue weighted by molar-refractivity contribution is 6.30. The van der Waals surface area contributed by atoms with Crippen LogP contribution in [0.3, 0.4) is 0 Å². The second kappa shape index (κ2) is 12.9. The Morgan fingerprint density at radius 3 is 2.24 bits per heavy atom. The van der Waals surface area contributed by atoms with Crippen molar-refractivity contribution in [2.24, 2.45) is 4.99 Å². The second-order valence-corrected chi connectivity index (χ2v) is 11.8. The molecular formula is C30H33Cl3N6O3. The number of carbonyl (C=O) groups is 2. The van der Waals surface area contributed by atoms with E-state index in [9.17, 15) is 9.59 Å². The summed E-state index contributed by atoms with van der Waals surface area (Å²) in [5, 5.41) is 3.96. The number of rotatable bonds is 5. The van der Waals surface area contributed by atoms with E-state index in [4.69, 9.17) is 37.9 Å². The lowest BCUT2D eigenvalue weighted by Crippen LogP contribution is -2.55. The highest BCUT2D eigenvalue weighted by atomic mass is 35.5. The standard InChI is InChI=1S/C30H32Cl2N6O3.ClH/c1-5-41-27-22(16-34-28(36-27)30(2,3)4)26-35-24(18-6-10-20(31)11-7-18)25(19-8-12-21(32)13-9-19)38(26)29(40)37-15-14-33-23(39)17-37;/h6-13,16,24-25H,5,14-15,17H2,1-4H3,(H,33,39);1H. The predicted octanol–water partition coefficient (Wildman–Crippen LogP) is 6.00. The number of aromatic nitrogens is 2. The normalized spacial score (nSPS) is 18.7. The Bertz CT molecular complexity index is 1480. The summed E-state index contributed by atoms with van der Waals surface area (Å²) in [5.74, 6) is 1.10. The van der Waals surface area contributed by atoms with Gasteiger partial charge < -0.3 is 15.0 Å². The van der Waals surface area contributed by atoms with Crippen LogP contribution in [-0.4, -0.2) is 63.8 Å². The van der Waals surface area contributed by atoms with E-state index in [1.165, 1.54) is 4.90 Å². The lowest BCUT2D eigenvalue weighted by molar-refractivity contribution is -0.123. The molecule has 3 heterocycles. The van der Waals surface area contributed by atoms with Crippen LogP contribution in [0.1, 0.15) is 62.3 Å². The fourth-order valence-corrected chi connectivity index (χ4v) is 5.19. The van der Waals surface area contributed by atoms with E-state index < -0.39 is 12.1 Å². The van der Waals surface area contributed by atoms with Crippen LogP contribution >= 0.6 is 35.6 Å². The van der Waals surface area contributed by atoms with Crippen molar-refractivity contribution in [2.75, 3.05) is 26.2 Å². The Balaban J connectivity index is 0.00000405. The van der Waals surface area contributed by atoms with Gasteiger partial charge in [-0.25, -0.2) is 9.78 Å². The smallest absolute Gasteiger partial charge is 0.326 e. The number of carbonyl (C=O) groups excluding carboxylic acids is 2. The molecule has 1 aromatic heterocycles. The van der Waals surface area contributed by atoms with Crippen molar-refractivity contribution in [3.63, 3.8) is 0 Å². The molecule has 2 unspecified atom stereocenters.